The van der Waals surface area contributed by atoms with E-state index in [0.717, 1.165) is 0 Å². The van der Waals surface area contributed by atoms with Crippen LogP contribution in [0.3, 0.4) is 0 Å². The molecule has 2 aromatic heterocycles. The highest BCUT2D eigenvalue weighted by atomic mass is 19.1. The first-order chi connectivity index (χ1) is 16.7. The molecular weight excluding hydrogens is 453 g/mol. The van der Waals surface area contributed by atoms with Crippen LogP contribution in [0.1, 0.15) is 30.2 Å². The molecule has 0 saturated heterocycles. The van der Waals surface area contributed by atoms with E-state index in [1.165, 1.54) is 35.0 Å². The van der Waals surface area contributed by atoms with E-state index in [1.807, 2.05) is 13.8 Å². The fourth-order valence-corrected chi connectivity index (χ4v) is 4.60. The second-order valence-electron chi connectivity index (χ2n) is 8.91. The van der Waals surface area contributed by atoms with Gasteiger partial charge < -0.3 is 19.9 Å². The Morgan fingerprint density at radius 2 is 1.57 bits per heavy atom. The van der Waals surface area contributed by atoms with Crippen molar-refractivity contribution in [1.82, 2.24) is 14.3 Å². The number of nitrogens with zero attached hydrogens (tertiary/aromatic N) is 3. The number of benzene rings is 2. The third-order valence-electron chi connectivity index (χ3n) is 6.37. The number of aromatic hydroxyl groups is 2. The number of phenols is 2. The Morgan fingerprint density at radius 3 is 2.11 bits per heavy atom. The number of pyridine rings is 1. The first-order valence-corrected chi connectivity index (χ1v) is 11.0. The van der Waals surface area contributed by atoms with E-state index in [0.29, 0.717) is 34.6 Å². The molecule has 1 aliphatic heterocycles. The van der Waals surface area contributed by atoms with Crippen molar-refractivity contribution in [3.05, 3.63) is 76.3 Å². The zero-order valence-corrected chi connectivity index (χ0v) is 18.9. The third-order valence-corrected chi connectivity index (χ3v) is 6.37. The summed E-state index contributed by atoms with van der Waals surface area (Å²) in [6, 6.07) is 12.4. The van der Waals surface area contributed by atoms with Gasteiger partial charge in [0.2, 0.25) is 5.43 Å². The van der Waals surface area contributed by atoms with Gasteiger partial charge in [-0.05, 0) is 47.9 Å². The summed E-state index contributed by atoms with van der Waals surface area (Å²) in [5.74, 6) is -2.55. The molecule has 8 nitrogen and oxygen atoms in total. The lowest BCUT2D eigenvalue weighted by Crippen LogP contribution is -2.33. The van der Waals surface area contributed by atoms with Crippen LogP contribution in [0.5, 0.6) is 11.5 Å². The highest BCUT2D eigenvalue weighted by Crippen LogP contribution is 2.45. The number of carboxylic acid groups (broad SMARTS) is 1. The highest BCUT2D eigenvalue weighted by Gasteiger charge is 2.36. The van der Waals surface area contributed by atoms with Crippen molar-refractivity contribution in [3.63, 3.8) is 0 Å². The van der Waals surface area contributed by atoms with E-state index in [9.17, 15) is 24.9 Å². The minimum absolute atomic E-state index is 0.0242. The SMILES string of the molecule is CC(C)[C@@H]1Cn2nc(-c3ccc(O)cc3)c(-c3ccc(O)cc3)c2-c2c(F)c(=O)c(C(=O)O)cn21. The Hall–Kier alpha value is -4.40. The molecule has 0 aliphatic carbocycles. The molecule has 178 valence electrons. The molecule has 3 N–H and O–H groups in total. The van der Waals surface area contributed by atoms with Gasteiger partial charge in [0, 0.05) is 17.3 Å². The summed E-state index contributed by atoms with van der Waals surface area (Å²) in [6.07, 6.45) is 1.21. The first-order valence-electron chi connectivity index (χ1n) is 11.0. The summed E-state index contributed by atoms with van der Waals surface area (Å²) in [5.41, 5.74) is 0.774. The zero-order chi connectivity index (χ0) is 25.0. The van der Waals surface area contributed by atoms with Gasteiger partial charge in [0.1, 0.15) is 28.5 Å². The maximum Gasteiger partial charge on any atom is 0.341 e. The molecule has 0 radical (unpaired) electrons. The standard InChI is InChI=1S/C26H22FN3O5/c1-13(2)19-12-30-23(24-21(27)25(33)18(26(34)35)11-29(19)24)20(14-3-7-16(31)8-4-14)22(28-30)15-5-9-17(32)10-6-15/h3-11,13,19,31-32H,12H2,1-2H3,(H,34,35)/t19-/m0/s1. The van der Waals surface area contributed by atoms with Gasteiger partial charge in [-0.1, -0.05) is 26.0 Å². The summed E-state index contributed by atoms with van der Waals surface area (Å²) in [5, 5.41) is 33.9. The van der Waals surface area contributed by atoms with E-state index in [1.54, 1.807) is 28.9 Å². The Labute approximate surface area is 199 Å². The van der Waals surface area contributed by atoms with Crippen LogP contribution in [-0.4, -0.2) is 35.6 Å². The molecule has 3 heterocycles. The van der Waals surface area contributed by atoms with Crippen LogP contribution in [0.4, 0.5) is 4.39 Å². The van der Waals surface area contributed by atoms with E-state index < -0.39 is 22.8 Å². The van der Waals surface area contributed by atoms with Gasteiger partial charge >= 0.3 is 5.97 Å². The van der Waals surface area contributed by atoms with Gasteiger partial charge in [-0.15, -0.1) is 0 Å². The van der Waals surface area contributed by atoms with E-state index >= 15 is 4.39 Å². The van der Waals surface area contributed by atoms with Crippen molar-refractivity contribution in [2.45, 2.75) is 26.4 Å². The summed E-state index contributed by atoms with van der Waals surface area (Å²) in [4.78, 5) is 24.4. The van der Waals surface area contributed by atoms with Gasteiger partial charge in [-0.25, -0.2) is 9.18 Å². The molecule has 1 atom stereocenters. The van der Waals surface area contributed by atoms with Crippen LogP contribution >= 0.6 is 0 Å². The quantitative estimate of drug-likeness (QED) is 0.400. The zero-order valence-electron chi connectivity index (χ0n) is 18.9. The van der Waals surface area contributed by atoms with Gasteiger partial charge in [0.25, 0.3) is 0 Å². The predicted molar refractivity (Wildman–Crippen MR) is 127 cm³/mol. The van der Waals surface area contributed by atoms with Crippen LogP contribution in [0.2, 0.25) is 0 Å². The molecule has 0 unspecified atom stereocenters. The highest BCUT2D eigenvalue weighted by molar-refractivity contribution is 5.93. The second-order valence-corrected chi connectivity index (χ2v) is 8.91. The number of hydrogen-bond acceptors (Lipinski definition) is 5. The summed E-state index contributed by atoms with van der Waals surface area (Å²) in [6.45, 7) is 4.19. The number of carboxylic acids is 1. The summed E-state index contributed by atoms with van der Waals surface area (Å²) < 4.78 is 18.9. The Kier molecular flexibility index (Phi) is 5.20. The lowest BCUT2D eigenvalue weighted by Gasteiger charge is -2.33. The van der Waals surface area contributed by atoms with Crippen LogP contribution in [-0.2, 0) is 6.54 Å². The summed E-state index contributed by atoms with van der Waals surface area (Å²) in [7, 11) is 0. The molecule has 0 bridgehead atoms. The largest absolute Gasteiger partial charge is 0.508 e. The topological polar surface area (TPSA) is 118 Å². The molecule has 5 rings (SSSR count). The lowest BCUT2D eigenvalue weighted by atomic mass is 9.94. The van der Waals surface area contributed by atoms with Crippen LogP contribution in [0, 0.1) is 11.7 Å². The fourth-order valence-electron chi connectivity index (χ4n) is 4.60. The average molecular weight is 475 g/mol. The van der Waals surface area contributed by atoms with Crippen molar-refractivity contribution in [3.8, 4) is 45.3 Å². The minimum Gasteiger partial charge on any atom is -0.508 e. The Balaban J connectivity index is 1.90. The molecule has 0 fully saturated rings. The second kappa shape index (κ2) is 8.12. The van der Waals surface area contributed by atoms with Crippen molar-refractivity contribution < 1.29 is 24.5 Å². The van der Waals surface area contributed by atoms with E-state index in [2.05, 4.69) is 0 Å². The number of aromatic nitrogens is 3. The molecule has 4 aromatic rings. The van der Waals surface area contributed by atoms with Gasteiger partial charge in [-0.2, -0.15) is 5.10 Å². The molecule has 0 amide bonds. The molecule has 1 aliphatic rings. The average Bonchev–Trinajstić information content (AvgIpc) is 3.20. The molecule has 2 aromatic carbocycles. The van der Waals surface area contributed by atoms with Crippen LogP contribution in [0.25, 0.3) is 33.8 Å². The molecule has 9 heteroatoms. The van der Waals surface area contributed by atoms with E-state index in [4.69, 9.17) is 5.10 Å². The third kappa shape index (κ3) is 3.56. The molecule has 35 heavy (non-hydrogen) atoms. The minimum atomic E-state index is -1.49. The smallest absolute Gasteiger partial charge is 0.341 e. The number of halogens is 1. The van der Waals surface area contributed by atoms with E-state index in [-0.39, 0.29) is 29.2 Å². The number of phenolic OH excluding ortho intramolecular Hbond substituents is 2. The maximum absolute atomic E-state index is 15.7. The van der Waals surface area contributed by atoms with Crippen molar-refractivity contribution in [2.75, 3.05) is 0 Å². The van der Waals surface area contributed by atoms with Gasteiger partial charge in [0.15, 0.2) is 5.82 Å². The Morgan fingerprint density at radius 1 is 1.00 bits per heavy atom. The number of hydrogen-bond donors (Lipinski definition) is 3. The van der Waals surface area contributed by atoms with Crippen molar-refractivity contribution in [2.24, 2.45) is 5.92 Å². The number of rotatable bonds is 4. The number of aromatic carboxylic acids is 1. The van der Waals surface area contributed by atoms with Crippen molar-refractivity contribution in [1.29, 1.82) is 0 Å². The lowest BCUT2D eigenvalue weighted by molar-refractivity contribution is 0.0693. The Bertz CT molecular complexity index is 1520. The van der Waals surface area contributed by atoms with Gasteiger partial charge in [0.05, 0.1) is 18.3 Å². The molecule has 0 saturated carbocycles. The fraction of sp³-hybridized carbons (Fsp3) is 0.192. The van der Waals surface area contributed by atoms with Crippen molar-refractivity contribution >= 4 is 5.97 Å². The number of carbonyl (C=O) groups is 1. The predicted octanol–water partition coefficient (Wildman–Crippen LogP) is 4.51. The normalized spacial score (nSPS) is 14.6. The monoisotopic (exact) mass is 475 g/mol. The van der Waals surface area contributed by atoms with Crippen LogP contribution < -0.4 is 5.43 Å². The number of fused-ring (bicyclic) bond motifs is 3. The van der Waals surface area contributed by atoms with Gasteiger partial charge in [-0.3, -0.25) is 9.48 Å². The molecule has 0 spiro atoms. The summed E-state index contributed by atoms with van der Waals surface area (Å²) >= 11 is 0. The maximum atomic E-state index is 15.7. The first kappa shape index (κ1) is 22.4. The molecular formula is C26H22FN3O5. The van der Waals surface area contributed by atoms with Crippen LogP contribution in [0.15, 0.2) is 59.5 Å².